The third-order valence-corrected chi connectivity index (χ3v) is 8.14. The number of hydrogen-bond donors (Lipinski definition) is 4. The number of ether oxygens (including phenoxy) is 1. The van der Waals surface area contributed by atoms with Gasteiger partial charge >= 0.3 is 0 Å². The lowest BCUT2D eigenvalue weighted by molar-refractivity contribution is -0.137. The van der Waals surface area contributed by atoms with Crippen LogP contribution in [0, 0.1) is 12.8 Å². The number of fused-ring (bicyclic) bond motifs is 4. The van der Waals surface area contributed by atoms with E-state index in [9.17, 15) is 14.4 Å². The van der Waals surface area contributed by atoms with Crippen LogP contribution in [0.2, 0.25) is 0 Å². The Morgan fingerprint density at radius 3 is 2.62 bits per heavy atom. The maximum atomic E-state index is 13.7. The first-order chi connectivity index (χ1) is 20.1. The highest BCUT2D eigenvalue weighted by molar-refractivity contribution is 5.92. The predicted octanol–water partition coefficient (Wildman–Crippen LogP) is 2.84. The number of amides is 3. The van der Waals surface area contributed by atoms with Crippen molar-refractivity contribution in [1.82, 2.24) is 20.9 Å². The van der Waals surface area contributed by atoms with E-state index in [-0.39, 0.29) is 24.1 Å². The number of nitrogens with zero attached hydrogens (tertiary/aromatic N) is 1. The van der Waals surface area contributed by atoms with Gasteiger partial charge in [0.1, 0.15) is 11.8 Å². The zero-order chi connectivity index (χ0) is 30.1. The van der Waals surface area contributed by atoms with Gasteiger partial charge in [-0.05, 0) is 87.6 Å². The normalized spacial score (nSPS) is 22.8. The summed E-state index contributed by atoms with van der Waals surface area (Å²) in [6.07, 6.45) is 3.85. The first-order valence-corrected chi connectivity index (χ1v) is 15.2. The molecule has 4 bridgehead atoms. The van der Waals surface area contributed by atoms with Gasteiger partial charge in [-0.15, -0.1) is 0 Å². The maximum Gasteiger partial charge on any atom is 0.242 e. The minimum atomic E-state index is -0.811. The van der Waals surface area contributed by atoms with Crippen molar-refractivity contribution in [2.45, 2.75) is 83.5 Å². The van der Waals surface area contributed by atoms with E-state index < -0.39 is 17.6 Å². The van der Waals surface area contributed by atoms with Gasteiger partial charge in [-0.2, -0.15) is 0 Å². The van der Waals surface area contributed by atoms with Crippen molar-refractivity contribution >= 4 is 17.7 Å². The Bertz CT molecular complexity index is 1210. The van der Waals surface area contributed by atoms with Crippen LogP contribution in [0.15, 0.2) is 48.5 Å². The average Bonchev–Trinajstić information content (AvgIpc) is 2.97. The SMILES string of the molecule is Cc1ccc2cc1CNC(=O)[C@H](CCc1ccccc1)NC(=O)[C@@H](NCC(C)(C)N)CC(=O)N1CCCC(CCO2)C1. The molecule has 1 fully saturated rings. The second kappa shape index (κ2) is 14.6. The number of nitrogens with one attached hydrogen (secondary N) is 3. The molecule has 0 spiro atoms. The molecule has 0 aliphatic carbocycles. The lowest BCUT2D eigenvalue weighted by Crippen LogP contribution is -2.57. The fourth-order valence-electron chi connectivity index (χ4n) is 5.55. The number of nitrogens with two attached hydrogens (primary N) is 1. The highest BCUT2D eigenvalue weighted by atomic mass is 16.5. The van der Waals surface area contributed by atoms with E-state index in [4.69, 9.17) is 10.5 Å². The molecule has 228 valence electrons. The summed E-state index contributed by atoms with van der Waals surface area (Å²) in [5.74, 6) is 0.394. The quantitative estimate of drug-likeness (QED) is 0.419. The zero-order valence-electron chi connectivity index (χ0n) is 25.3. The van der Waals surface area contributed by atoms with E-state index in [0.29, 0.717) is 51.5 Å². The second-order valence-electron chi connectivity index (χ2n) is 12.5. The standard InChI is InChI=1S/C33H47N5O4/c1-23-11-13-27-18-26(23)20-35-31(40)28(14-12-24-8-5-4-6-9-24)37-32(41)29(36-22-33(2,3)34)19-30(39)38-16-7-10-25(21-38)15-17-42-27/h4-6,8-9,11,13,18,25,28-29,36H,7,10,12,14-17,19-22,34H2,1-3H3,(H,35,40)(H,37,41)/t25?,28-,29-/m0/s1. The summed E-state index contributed by atoms with van der Waals surface area (Å²) < 4.78 is 6.10. The number of carbonyl (C=O) groups is 3. The highest BCUT2D eigenvalue weighted by Crippen LogP contribution is 2.23. The highest BCUT2D eigenvalue weighted by Gasteiger charge is 2.31. The minimum absolute atomic E-state index is 0.00190. The lowest BCUT2D eigenvalue weighted by atomic mass is 9.94. The molecule has 4 rings (SSSR count). The Labute approximate surface area is 249 Å². The summed E-state index contributed by atoms with van der Waals surface area (Å²) in [7, 11) is 0. The van der Waals surface area contributed by atoms with Gasteiger partial charge in [0.05, 0.1) is 19.1 Å². The number of carbonyl (C=O) groups excluding carboxylic acids is 3. The van der Waals surface area contributed by atoms with Gasteiger partial charge in [-0.1, -0.05) is 36.4 Å². The molecule has 2 heterocycles. The molecule has 0 radical (unpaired) electrons. The van der Waals surface area contributed by atoms with Gasteiger partial charge in [0.25, 0.3) is 0 Å². The number of benzene rings is 2. The molecular weight excluding hydrogens is 530 g/mol. The van der Waals surface area contributed by atoms with Crippen LogP contribution in [0.25, 0.3) is 0 Å². The van der Waals surface area contributed by atoms with Crippen molar-refractivity contribution in [3.8, 4) is 5.75 Å². The van der Waals surface area contributed by atoms with Crippen LogP contribution in [0.5, 0.6) is 5.75 Å². The molecule has 0 saturated carbocycles. The van der Waals surface area contributed by atoms with Crippen LogP contribution in [0.4, 0.5) is 0 Å². The van der Waals surface area contributed by atoms with Gasteiger partial charge in [-0.25, -0.2) is 0 Å². The fourth-order valence-corrected chi connectivity index (χ4v) is 5.55. The summed E-state index contributed by atoms with van der Waals surface area (Å²) in [5, 5.41) is 9.23. The van der Waals surface area contributed by atoms with Gasteiger partial charge in [0.15, 0.2) is 0 Å². The first-order valence-electron chi connectivity index (χ1n) is 15.2. The number of hydrogen-bond acceptors (Lipinski definition) is 6. The molecular formula is C33H47N5O4. The van der Waals surface area contributed by atoms with Crippen molar-refractivity contribution in [1.29, 1.82) is 0 Å². The van der Waals surface area contributed by atoms with Gasteiger partial charge < -0.3 is 31.3 Å². The summed E-state index contributed by atoms with van der Waals surface area (Å²) in [6, 6.07) is 14.2. The molecule has 2 aromatic rings. The van der Waals surface area contributed by atoms with E-state index in [0.717, 1.165) is 41.7 Å². The molecule has 9 nitrogen and oxygen atoms in total. The summed E-state index contributed by atoms with van der Waals surface area (Å²) in [4.78, 5) is 42.6. The Morgan fingerprint density at radius 2 is 1.86 bits per heavy atom. The molecule has 5 N–H and O–H groups in total. The third kappa shape index (κ3) is 9.56. The van der Waals surface area contributed by atoms with E-state index in [2.05, 4.69) is 16.0 Å². The third-order valence-electron chi connectivity index (χ3n) is 8.14. The van der Waals surface area contributed by atoms with Gasteiger partial charge in [-0.3, -0.25) is 14.4 Å². The van der Waals surface area contributed by atoms with Crippen molar-refractivity contribution < 1.29 is 19.1 Å². The molecule has 3 atom stereocenters. The Hall–Kier alpha value is -3.43. The van der Waals surface area contributed by atoms with E-state index in [1.165, 1.54) is 0 Å². The monoisotopic (exact) mass is 577 g/mol. The van der Waals surface area contributed by atoms with Crippen molar-refractivity contribution in [3.63, 3.8) is 0 Å². The number of piperidine rings is 1. The van der Waals surface area contributed by atoms with Crippen LogP contribution in [-0.4, -0.2) is 66.5 Å². The van der Waals surface area contributed by atoms with Crippen molar-refractivity contribution in [2.75, 3.05) is 26.2 Å². The number of aryl methyl sites for hydroxylation is 2. The van der Waals surface area contributed by atoms with Crippen molar-refractivity contribution in [2.24, 2.45) is 11.7 Å². The van der Waals surface area contributed by atoms with Crippen molar-refractivity contribution in [3.05, 3.63) is 65.2 Å². The number of rotatable bonds is 6. The van der Waals surface area contributed by atoms with Crippen LogP contribution < -0.4 is 26.4 Å². The average molecular weight is 578 g/mol. The molecule has 2 aromatic carbocycles. The van der Waals surface area contributed by atoms with Crippen LogP contribution >= 0.6 is 0 Å². The van der Waals surface area contributed by atoms with Gasteiger partial charge in [0, 0.05) is 31.7 Å². The lowest BCUT2D eigenvalue weighted by Gasteiger charge is -2.34. The molecule has 3 amide bonds. The molecule has 42 heavy (non-hydrogen) atoms. The van der Waals surface area contributed by atoms with E-state index in [1.54, 1.807) is 0 Å². The molecule has 9 heteroatoms. The maximum absolute atomic E-state index is 13.7. The molecule has 1 saturated heterocycles. The Morgan fingerprint density at radius 1 is 1.07 bits per heavy atom. The first kappa shape index (κ1) is 31.5. The Kier molecular flexibility index (Phi) is 11.0. The smallest absolute Gasteiger partial charge is 0.242 e. The molecule has 1 unspecified atom stereocenters. The minimum Gasteiger partial charge on any atom is -0.494 e. The van der Waals surface area contributed by atoms with Gasteiger partial charge in [0.2, 0.25) is 17.7 Å². The summed E-state index contributed by atoms with van der Waals surface area (Å²) in [6.45, 7) is 8.29. The topological polar surface area (TPSA) is 126 Å². The predicted molar refractivity (Wildman–Crippen MR) is 164 cm³/mol. The fraction of sp³-hybridized carbons (Fsp3) is 0.545. The molecule has 2 aliphatic rings. The van der Waals surface area contributed by atoms with Crippen LogP contribution in [0.1, 0.15) is 62.6 Å². The molecule has 0 aromatic heterocycles. The Balaban J connectivity index is 1.59. The largest absolute Gasteiger partial charge is 0.494 e. The second-order valence-corrected chi connectivity index (χ2v) is 12.5. The van der Waals surface area contributed by atoms with Crippen LogP contribution in [0.3, 0.4) is 0 Å². The van der Waals surface area contributed by atoms with E-state index in [1.807, 2.05) is 74.2 Å². The van der Waals surface area contributed by atoms with E-state index >= 15 is 0 Å². The molecule has 2 aliphatic heterocycles. The summed E-state index contributed by atoms with van der Waals surface area (Å²) in [5.41, 5.74) is 8.73. The van der Waals surface area contributed by atoms with Crippen LogP contribution in [-0.2, 0) is 27.3 Å². The summed E-state index contributed by atoms with van der Waals surface area (Å²) >= 11 is 0. The zero-order valence-corrected chi connectivity index (χ0v) is 25.3.